The average Bonchev–Trinajstić information content (AvgIpc) is 2.52. The van der Waals surface area contributed by atoms with Gasteiger partial charge in [0.2, 0.25) is 10.0 Å². The molecule has 1 rings (SSSR count). The molecule has 0 saturated heterocycles. The Hall–Kier alpha value is -0.120. The first-order valence-corrected chi connectivity index (χ1v) is 8.03. The van der Waals surface area contributed by atoms with Crippen molar-refractivity contribution in [2.24, 2.45) is 0 Å². The third-order valence-electron chi connectivity index (χ3n) is 2.06. The Bertz CT molecular complexity index is 510. The molecule has 0 bridgehead atoms. The van der Waals surface area contributed by atoms with Crippen LogP contribution in [0, 0.1) is 6.92 Å². The highest BCUT2D eigenvalue weighted by Gasteiger charge is 2.26. The van der Waals surface area contributed by atoms with Crippen LogP contribution in [0.25, 0.3) is 0 Å². The van der Waals surface area contributed by atoms with Gasteiger partial charge in [0.05, 0.1) is 8.68 Å². The van der Waals surface area contributed by atoms with Gasteiger partial charge in [-0.2, -0.15) is 13.2 Å². The Labute approximate surface area is 116 Å². The van der Waals surface area contributed by atoms with E-state index in [1.165, 1.54) is 17.4 Å². The Morgan fingerprint density at radius 3 is 2.50 bits per heavy atom. The number of thiophene rings is 1. The monoisotopic (exact) mass is 365 g/mol. The number of nitrogens with one attached hydrogen (secondary N) is 1. The first-order chi connectivity index (χ1) is 8.12. The number of hydrogen-bond acceptors (Lipinski definition) is 3. The summed E-state index contributed by atoms with van der Waals surface area (Å²) in [4.78, 5) is 0.691. The zero-order chi connectivity index (χ0) is 14.0. The Morgan fingerprint density at radius 2 is 2.06 bits per heavy atom. The molecular weight excluding hydrogens is 355 g/mol. The Kier molecular flexibility index (Phi) is 5.22. The molecule has 18 heavy (non-hydrogen) atoms. The van der Waals surface area contributed by atoms with Crippen LogP contribution >= 0.6 is 27.3 Å². The maximum atomic E-state index is 11.9. The van der Waals surface area contributed by atoms with Crippen LogP contribution in [0.5, 0.6) is 0 Å². The van der Waals surface area contributed by atoms with E-state index >= 15 is 0 Å². The molecule has 0 saturated carbocycles. The molecular formula is C9H11BrF3NO2S2. The van der Waals surface area contributed by atoms with Crippen molar-refractivity contribution < 1.29 is 21.6 Å². The number of aryl methyl sites for hydroxylation is 1. The van der Waals surface area contributed by atoms with Gasteiger partial charge in [-0.05, 0) is 35.3 Å². The maximum Gasteiger partial charge on any atom is 0.389 e. The highest BCUT2D eigenvalue weighted by molar-refractivity contribution is 9.11. The van der Waals surface area contributed by atoms with E-state index in [9.17, 15) is 21.6 Å². The molecule has 0 radical (unpaired) electrons. The second-order valence-corrected chi connectivity index (χ2v) is 7.96. The average molecular weight is 366 g/mol. The molecule has 0 spiro atoms. The van der Waals surface area contributed by atoms with Crippen LogP contribution in [0.2, 0.25) is 0 Å². The molecule has 3 nitrogen and oxygen atoms in total. The third-order valence-corrected chi connectivity index (χ3v) is 5.33. The van der Waals surface area contributed by atoms with E-state index in [1.54, 1.807) is 6.92 Å². The highest BCUT2D eigenvalue weighted by Crippen LogP contribution is 2.29. The summed E-state index contributed by atoms with van der Waals surface area (Å²) >= 11 is 4.42. The van der Waals surface area contributed by atoms with Gasteiger partial charge in [-0.25, -0.2) is 13.1 Å². The first kappa shape index (κ1) is 15.9. The molecule has 1 N–H and O–H groups in total. The van der Waals surface area contributed by atoms with E-state index in [0.717, 1.165) is 0 Å². The summed E-state index contributed by atoms with van der Waals surface area (Å²) in [5.74, 6) is 0. The smallest absolute Gasteiger partial charge is 0.211 e. The summed E-state index contributed by atoms with van der Waals surface area (Å²) in [6, 6.07) is 1.44. The lowest BCUT2D eigenvalue weighted by Gasteiger charge is -2.08. The molecule has 0 amide bonds. The van der Waals surface area contributed by atoms with Crippen molar-refractivity contribution in [3.05, 3.63) is 14.7 Å². The van der Waals surface area contributed by atoms with Crippen molar-refractivity contribution in [1.82, 2.24) is 4.72 Å². The lowest BCUT2D eigenvalue weighted by atomic mass is 10.3. The molecule has 104 valence electrons. The predicted molar refractivity (Wildman–Crippen MR) is 67.2 cm³/mol. The van der Waals surface area contributed by atoms with Crippen LogP contribution in [-0.4, -0.2) is 21.1 Å². The van der Waals surface area contributed by atoms with Crippen molar-refractivity contribution >= 4 is 37.3 Å². The maximum absolute atomic E-state index is 11.9. The van der Waals surface area contributed by atoms with Crippen LogP contribution < -0.4 is 4.72 Å². The van der Waals surface area contributed by atoms with Gasteiger partial charge in [-0.15, -0.1) is 11.3 Å². The number of alkyl halides is 3. The zero-order valence-corrected chi connectivity index (χ0v) is 12.6. The van der Waals surface area contributed by atoms with E-state index in [0.29, 0.717) is 8.66 Å². The minimum atomic E-state index is -4.26. The minimum absolute atomic E-state index is 0.103. The van der Waals surface area contributed by atoms with E-state index in [4.69, 9.17) is 0 Å². The molecule has 1 heterocycles. The van der Waals surface area contributed by atoms with E-state index in [1.807, 2.05) is 0 Å². The molecule has 0 aliphatic heterocycles. The van der Waals surface area contributed by atoms with Gasteiger partial charge >= 0.3 is 6.18 Å². The third kappa shape index (κ3) is 4.87. The van der Waals surface area contributed by atoms with E-state index in [-0.39, 0.29) is 17.9 Å². The van der Waals surface area contributed by atoms with Gasteiger partial charge in [-0.1, -0.05) is 0 Å². The normalized spacial score (nSPS) is 12.9. The van der Waals surface area contributed by atoms with Gasteiger partial charge in [0.25, 0.3) is 0 Å². The summed E-state index contributed by atoms with van der Waals surface area (Å²) in [7, 11) is -3.72. The number of halogens is 4. The zero-order valence-electron chi connectivity index (χ0n) is 9.34. The van der Waals surface area contributed by atoms with Crippen molar-refractivity contribution in [2.75, 3.05) is 6.54 Å². The fraction of sp³-hybridized carbons (Fsp3) is 0.556. The van der Waals surface area contributed by atoms with Crippen LogP contribution in [-0.2, 0) is 10.0 Å². The van der Waals surface area contributed by atoms with E-state index < -0.39 is 22.6 Å². The summed E-state index contributed by atoms with van der Waals surface area (Å²) in [6.07, 6.45) is -5.53. The van der Waals surface area contributed by atoms with Crippen molar-refractivity contribution in [1.29, 1.82) is 0 Å². The molecule has 9 heteroatoms. The summed E-state index contributed by atoms with van der Waals surface area (Å²) in [5, 5.41) is 0. The molecule has 0 fully saturated rings. The molecule has 0 atom stereocenters. The standard InChI is InChI=1S/C9H11BrF3NO2S2/c1-6-7(5-8(10)17-6)18(15,16)14-4-2-3-9(11,12)13/h5,14H,2-4H2,1H3. The largest absolute Gasteiger partial charge is 0.389 e. The Balaban J connectivity index is 2.59. The summed E-state index contributed by atoms with van der Waals surface area (Å²) in [6.45, 7) is 1.41. The second-order valence-electron chi connectivity index (χ2n) is 3.59. The van der Waals surface area contributed by atoms with Crippen LogP contribution in [0.15, 0.2) is 14.7 Å². The van der Waals surface area contributed by atoms with Gasteiger partial charge < -0.3 is 0 Å². The second kappa shape index (κ2) is 5.89. The van der Waals surface area contributed by atoms with Crippen molar-refractivity contribution in [3.63, 3.8) is 0 Å². The van der Waals surface area contributed by atoms with Crippen molar-refractivity contribution in [2.45, 2.75) is 30.8 Å². The first-order valence-electron chi connectivity index (χ1n) is 4.94. The molecule has 0 aromatic carbocycles. The van der Waals surface area contributed by atoms with Crippen LogP contribution in [0.3, 0.4) is 0 Å². The molecule has 0 aliphatic carbocycles. The lowest BCUT2D eigenvalue weighted by Crippen LogP contribution is -2.26. The molecule has 0 unspecified atom stereocenters. The Morgan fingerprint density at radius 1 is 1.44 bits per heavy atom. The topological polar surface area (TPSA) is 46.2 Å². The number of sulfonamides is 1. The number of rotatable bonds is 5. The van der Waals surface area contributed by atoms with E-state index in [2.05, 4.69) is 20.7 Å². The molecule has 1 aromatic rings. The fourth-order valence-corrected chi connectivity index (χ4v) is 4.76. The van der Waals surface area contributed by atoms with Gasteiger partial charge in [0, 0.05) is 17.8 Å². The predicted octanol–water partition coefficient (Wildman–Crippen LogP) is 3.44. The fourth-order valence-electron chi connectivity index (χ4n) is 1.27. The molecule has 0 aliphatic rings. The van der Waals surface area contributed by atoms with Gasteiger partial charge in [-0.3, -0.25) is 0 Å². The summed E-state index contributed by atoms with van der Waals surface area (Å²) < 4.78 is 62.0. The number of hydrogen-bond donors (Lipinski definition) is 1. The van der Waals surface area contributed by atoms with Crippen LogP contribution in [0.1, 0.15) is 17.7 Å². The van der Waals surface area contributed by atoms with Crippen molar-refractivity contribution in [3.8, 4) is 0 Å². The highest BCUT2D eigenvalue weighted by atomic mass is 79.9. The van der Waals surface area contributed by atoms with Crippen LogP contribution in [0.4, 0.5) is 13.2 Å². The quantitative estimate of drug-likeness (QED) is 0.812. The lowest BCUT2D eigenvalue weighted by molar-refractivity contribution is -0.135. The van der Waals surface area contributed by atoms with Gasteiger partial charge in [0.1, 0.15) is 0 Å². The minimum Gasteiger partial charge on any atom is -0.211 e. The summed E-state index contributed by atoms with van der Waals surface area (Å²) in [5.41, 5.74) is 0. The SMILES string of the molecule is Cc1sc(Br)cc1S(=O)(=O)NCCCC(F)(F)F. The van der Waals surface area contributed by atoms with Gasteiger partial charge in [0.15, 0.2) is 0 Å². The molecule has 1 aromatic heterocycles.